The maximum Gasteiger partial charge on any atom is 0.0955 e. The van der Waals surface area contributed by atoms with Crippen molar-refractivity contribution in [1.29, 1.82) is 0 Å². The van der Waals surface area contributed by atoms with Gasteiger partial charge in [-0.3, -0.25) is 0 Å². The molecule has 0 aliphatic heterocycles. The minimum Gasteiger partial charge on any atom is -0.334 e. The zero-order valence-electron chi connectivity index (χ0n) is 11.0. The summed E-state index contributed by atoms with van der Waals surface area (Å²) in [6.45, 7) is 0.755. The highest BCUT2D eigenvalue weighted by Crippen LogP contribution is 2.39. The lowest BCUT2D eigenvalue weighted by atomic mass is 9.69. The maximum atomic E-state index is 6.09. The van der Waals surface area contributed by atoms with Gasteiger partial charge in [-0.2, -0.15) is 0 Å². The molecule has 0 bridgehead atoms. The normalized spacial score (nSPS) is 19.2. The Morgan fingerprint density at radius 3 is 2.78 bits per heavy atom. The van der Waals surface area contributed by atoms with Gasteiger partial charge in [-0.25, -0.2) is 4.98 Å². The smallest absolute Gasteiger partial charge is 0.0955 e. The fraction of sp³-hybridized carbons (Fsp3) is 0.533. The summed E-state index contributed by atoms with van der Waals surface area (Å²) >= 11 is 0. The van der Waals surface area contributed by atoms with E-state index < -0.39 is 0 Å². The molecule has 0 unspecified atom stereocenters. The van der Waals surface area contributed by atoms with Gasteiger partial charge < -0.3 is 10.3 Å². The van der Waals surface area contributed by atoms with Gasteiger partial charge in [-0.05, 0) is 30.5 Å². The molecular formula is C15H21N3. The summed E-state index contributed by atoms with van der Waals surface area (Å²) in [6, 6.07) is 6.68. The molecule has 2 N–H and O–H groups in total. The fourth-order valence-electron chi connectivity index (χ4n) is 3.31. The summed E-state index contributed by atoms with van der Waals surface area (Å²) in [4.78, 5) is 4.46. The topological polar surface area (TPSA) is 43.8 Å². The average molecular weight is 243 g/mol. The van der Waals surface area contributed by atoms with Gasteiger partial charge in [0.2, 0.25) is 0 Å². The van der Waals surface area contributed by atoms with E-state index in [-0.39, 0.29) is 5.41 Å². The van der Waals surface area contributed by atoms with Crippen molar-refractivity contribution in [1.82, 2.24) is 9.55 Å². The van der Waals surface area contributed by atoms with Crippen molar-refractivity contribution >= 4 is 11.0 Å². The third-order valence-electron chi connectivity index (χ3n) is 4.54. The number of aryl methyl sites for hydroxylation is 1. The van der Waals surface area contributed by atoms with E-state index in [1.54, 1.807) is 0 Å². The van der Waals surface area contributed by atoms with Crippen molar-refractivity contribution in [3.63, 3.8) is 0 Å². The standard InChI is InChI=1S/C15H21N3/c1-18-11-17-13-9-12(5-6-14(13)18)15(10-16)7-3-2-4-8-15/h5-6,9,11H,2-4,7-8,10,16H2,1H3. The Kier molecular flexibility index (Phi) is 2.86. The van der Waals surface area contributed by atoms with Gasteiger partial charge in [0, 0.05) is 19.0 Å². The van der Waals surface area contributed by atoms with Crippen LogP contribution in [0.1, 0.15) is 37.7 Å². The van der Waals surface area contributed by atoms with Crippen LogP contribution in [-0.4, -0.2) is 16.1 Å². The molecule has 0 amide bonds. The summed E-state index contributed by atoms with van der Waals surface area (Å²) in [6.07, 6.45) is 8.29. The predicted molar refractivity (Wildman–Crippen MR) is 74.5 cm³/mol. The van der Waals surface area contributed by atoms with E-state index in [9.17, 15) is 0 Å². The van der Waals surface area contributed by atoms with Gasteiger partial charge in [0.25, 0.3) is 0 Å². The Morgan fingerprint density at radius 1 is 1.28 bits per heavy atom. The Labute approximate surface area is 108 Å². The van der Waals surface area contributed by atoms with Gasteiger partial charge in [0.15, 0.2) is 0 Å². The van der Waals surface area contributed by atoms with Gasteiger partial charge in [-0.15, -0.1) is 0 Å². The molecule has 1 aromatic carbocycles. The lowest BCUT2D eigenvalue weighted by Crippen LogP contribution is -2.37. The van der Waals surface area contributed by atoms with Crippen LogP contribution < -0.4 is 5.73 Å². The number of hydrogen-bond acceptors (Lipinski definition) is 2. The third-order valence-corrected chi connectivity index (χ3v) is 4.54. The highest BCUT2D eigenvalue weighted by atomic mass is 15.0. The molecule has 0 atom stereocenters. The number of imidazole rings is 1. The molecule has 96 valence electrons. The molecule has 3 rings (SSSR count). The van der Waals surface area contributed by atoms with Crippen LogP contribution in [0.2, 0.25) is 0 Å². The zero-order valence-corrected chi connectivity index (χ0v) is 11.0. The number of nitrogens with two attached hydrogens (primary N) is 1. The number of fused-ring (bicyclic) bond motifs is 1. The Morgan fingerprint density at radius 2 is 2.06 bits per heavy atom. The predicted octanol–water partition coefficient (Wildman–Crippen LogP) is 2.73. The molecule has 1 aliphatic rings. The van der Waals surface area contributed by atoms with Gasteiger partial charge >= 0.3 is 0 Å². The Bertz CT molecular complexity index is 550. The van der Waals surface area contributed by atoms with E-state index >= 15 is 0 Å². The first-order valence-corrected chi connectivity index (χ1v) is 6.87. The van der Waals surface area contributed by atoms with Crippen molar-refractivity contribution in [3.8, 4) is 0 Å². The van der Waals surface area contributed by atoms with Crippen molar-refractivity contribution in [2.75, 3.05) is 6.54 Å². The largest absolute Gasteiger partial charge is 0.334 e. The van der Waals surface area contributed by atoms with E-state index in [1.165, 1.54) is 43.2 Å². The molecule has 0 spiro atoms. The van der Waals surface area contributed by atoms with Crippen LogP contribution in [0.5, 0.6) is 0 Å². The number of rotatable bonds is 2. The van der Waals surface area contributed by atoms with Gasteiger partial charge in [0.1, 0.15) is 0 Å². The lowest BCUT2D eigenvalue weighted by Gasteiger charge is -2.36. The van der Waals surface area contributed by atoms with Crippen LogP contribution in [0.15, 0.2) is 24.5 Å². The van der Waals surface area contributed by atoms with Crippen molar-refractivity contribution in [2.45, 2.75) is 37.5 Å². The minimum atomic E-state index is 0.198. The van der Waals surface area contributed by atoms with Crippen molar-refractivity contribution < 1.29 is 0 Å². The third kappa shape index (κ3) is 1.74. The zero-order chi connectivity index (χ0) is 12.6. The quantitative estimate of drug-likeness (QED) is 0.881. The first-order chi connectivity index (χ1) is 8.75. The average Bonchev–Trinajstić information content (AvgIpc) is 2.81. The summed E-state index contributed by atoms with van der Waals surface area (Å²) in [5.74, 6) is 0. The number of nitrogens with zero attached hydrogens (tertiary/aromatic N) is 2. The first kappa shape index (κ1) is 11.7. The Balaban J connectivity index is 2.06. The molecule has 1 saturated carbocycles. The summed E-state index contributed by atoms with van der Waals surface area (Å²) in [7, 11) is 2.04. The molecule has 0 radical (unpaired) electrons. The van der Waals surface area contributed by atoms with Crippen LogP contribution >= 0.6 is 0 Å². The first-order valence-electron chi connectivity index (χ1n) is 6.87. The molecule has 1 heterocycles. The monoisotopic (exact) mass is 243 g/mol. The second-order valence-electron chi connectivity index (χ2n) is 5.60. The molecule has 18 heavy (non-hydrogen) atoms. The van der Waals surface area contributed by atoms with Crippen LogP contribution in [-0.2, 0) is 12.5 Å². The molecule has 2 aromatic rings. The Hall–Kier alpha value is -1.35. The second-order valence-corrected chi connectivity index (χ2v) is 5.60. The highest BCUT2D eigenvalue weighted by molar-refractivity contribution is 5.76. The van der Waals surface area contributed by atoms with Crippen molar-refractivity contribution in [2.24, 2.45) is 12.8 Å². The van der Waals surface area contributed by atoms with Crippen molar-refractivity contribution in [3.05, 3.63) is 30.1 Å². The van der Waals surface area contributed by atoms with E-state index in [4.69, 9.17) is 5.73 Å². The van der Waals surface area contributed by atoms with Crippen LogP contribution in [0, 0.1) is 0 Å². The molecule has 3 nitrogen and oxygen atoms in total. The van der Waals surface area contributed by atoms with Crippen LogP contribution in [0.3, 0.4) is 0 Å². The molecular weight excluding hydrogens is 222 g/mol. The molecule has 3 heteroatoms. The lowest BCUT2D eigenvalue weighted by molar-refractivity contribution is 0.301. The van der Waals surface area contributed by atoms with Crippen LogP contribution in [0.25, 0.3) is 11.0 Å². The number of aromatic nitrogens is 2. The second kappa shape index (κ2) is 4.39. The summed E-state index contributed by atoms with van der Waals surface area (Å²) in [5.41, 5.74) is 9.96. The maximum absolute atomic E-state index is 6.09. The van der Waals surface area contributed by atoms with Gasteiger partial charge in [-0.1, -0.05) is 25.3 Å². The van der Waals surface area contributed by atoms with Crippen LogP contribution in [0.4, 0.5) is 0 Å². The van der Waals surface area contributed by atoms with E-state index in [0.29, 0.717) is 0 Å². The summed E-state index contributed by atoms with van der Waals surface area (Å²) in [5, 5.41) is 0. The fourth-order valence-corrected chi connectivity index (χ4v) is 3.31. The molecule has 1 aromatic heterocycles. The molecule has 1 fully saturated rings. The molecule has 1 aliphatic carbocycles. The van der Waals surface area contributed by atoms with E-state index in [2.05, 4.69) is 27.8 Å². The minimum absolute atomic E-state index is 0.198. The number of benzene rings is 1. The number of hydrogen-bond donors (Lipinski definition) is 1. The summed E-state index contributed by atoms with van der Waals surface area (Å²) < 4.78 is 2.06. The van der Waals surface area contributed by atoms with E-state index in [0.717, 1.165) is 12.1 Å². The SMILES string of the molecule is Cn1cnc2cc(C3(CN)CCCCC3)ccc21. The highest BCUT2D eigenvalue weighted by Gasteiger charge is 2.32. The van der Waals surface area contributed by atoms with E-state index in [1.807, 2.05) is 13.4 Å². The van der Waals surface area contributed by atoms with Gasteiger partial charge in [0.05, 0.1) is 17.4 Å². The molecule has 0 saturated heterocycles.